The minimum atomic E-state index is -0.423. The third-order valence-electron chi connectivity index (χ3n) is 3.64. The van der Waals surface area contributed by atoms with Crippen LogP contribution in [0, 0.1) is 5.82 Å². The van der Waals surface area contributed by atoms with E-state index >= 15 is 0 Å². The van der Waals surface area contributed by atoms with Crippen molar-refractivity contribution in [2.24, 2.45) is 0 Å². The number of nitrogens with one attached hydrogen (secondary N) is 2. The smallest absolute Gasteiger partial charge is 0.238 e. The number of hydrogen-bond acceptors (Lipinski definition) is 4. The lowest BCUT2D eigenvalue weighted by atomic mass is 10.3. The first-order valence-corrected chi connectivity index (χ1v) is 8.22. The molecule has 6 nitrogen and oxygen atoms in total. The van der Waals surface area contributed by atoms with Gasteiger partial charge in [-0.1, -0.05) is 19.1 Å². The molecule has 0 aliphatic heterocycles. The summed E-state index contributed by atoms with van der Waals surface area (Å²) in [7, 11) is 1.55. The second kappa shape index (κ2) is 9.53. The zero-order valence-corrected chi connectivity index (χ0v) is 14.8. The van der Waals surface area contributed by atoms with Crippen LogP contribution < -0.4 is 15.4 Å². The number of halogens is 1. The fourth-order valence-electron chi connectivity index (χ4n) is 2.35. The van der Waals surface area contributed by atoms with Crippen molar-refractivity contribution in [1.29, 1.82) is 0 Å². The molecule has 0 unspecified atom stereocenters. The number of anilines is 2. The zero-order chi connectivity index (χ0) is 18.9. The first-order valence-electron chi connectivity index (χ1n) is 8.22. The van der Waals surface area contributed by atoms with Gasteiger partial charge in [0.05, 0.1) is 20.2 Å². The van der Waals surface area contributed by atoms with Crippen LogP contribution in [-0.4, -0.2) is 43.5 Å². The monoisotopic (exact) mass is 359 g/mol. The van der Waals surface area contributed by atoms with Crippen LogP contribution in [0.25, 0.3) is 0 Å². The highest BCUT2D eigenvalue weighted by Crippen LogP contribution is 2.16. The number of nitrogens with zero attached hydrogens (tertiary/aromatic N) is 1. The second-order valence-electron chi connectivity index (χ2n) is 5.64. The Morgan fingerprint density at radius 1 is 1.00 bits per heavy atom. The Kier molecular flexibility index (Phi) is 7.11. The van der Waals surface area contributed by atoms with Crippen molar-refractivity contribution in [2.45, 2.75) is 6.92 Å². The second-order valence-corrected chi connectivity index (χ2v) is 5.64. The molecule has 2 rings (SSSR count). The largest absolute Gasteiger partial charge is 0.497 e. The number of carbonyl (C=O) groups is 2. The zero-order valence-electron chi connectivity index (χ0n) is 14.8. The fraction of sp³-hybridized carbons (Fsp3) is 0.263. The summed E-state index contributed by atoms with van der Waals surface area (Å²) in [5.41, 5.74) is 1.00. The molecule has 0 aliphatic rings. The molecule has 0 atom stereocenters. The van der Waals surface area contributed by atoms with Gasteiger partial charge in [-0.05, 0) is 36.9 Å². The van der Waals surface area contributed by atoms with Crippen LogP contribution in [-0.2, 0) is 9.59 Å². The van der Waals surface area contributed by atoms with Gasteiger partial charge in [0.1, 0.15) is 11.6 Å². The lowest BCUT2D eigenvalue weighted by molar-refractivity contribution is -0.119. The van der Waals surface area contributed by atoms with Gasteiger partial charge in [0.15, 0.2) is 0 Å². The van der Waals surface area contributed by atoms with Gasteiger partial charge in [-0.15, -0.1) is 0 Å². The number of benzene rings is 2. The Balaban J connectivity index is 1.87. The number of hydrogen-bond donors (Lipinski definition) is 2. The van der Waals surface area contributed by atoms with Crippen LogP contribution in [0.3, 0.4) is 0 Å². The molecule has 0 fully saturated rings. The van der Waals surface area contributed by atoms with Crippen molar-refractivity contribution < 1.29 is 18.7 Å². The van der Waals surface area contributed by atoms with Gasteiger partial charge in [0.25, 0.3) is 0 Å². The van der Waals surface area contributed by atoms with Gasteiger partial charge in [-0.25, -0.2) is 4.39 Å². The van der Waals surface area contributed by atoms with Crippen molar-refractivity contribution in [3.8, 4) is 5.75 Å². The predicted octanol–water partition coefficient (Wildman–Crippen LogP) is 2.73. The van der Waals surface area contributed by atoms with E-state index in [1.165, 1.54) is 18.2 Å². The Hall–Kier alpha value is -2.93. The van der Waals surface area contributed by atoms with Crippen molar-refractivity contribution >= 4 is 23.2 Å². The van der Waals surface area contributed by atoms with Crippen LogP contribution in [0.2, 0.25) is 0 Å². The fourth-order valence-corrected chi connectivity index (χ4v) is 2.35. The molecule has 138 valence electrons. The van der Waals surface area contributed by atoms with Crippen LogP contribution in [0.15, 0.2) is 48.5 Å². The summed E-state index contributed by atoms with van der Waals surface area (Å²) in [6.45, 7) is 2.46. The van der Waals surface area contributed by atoms with E-state index in [9.17, 15) is 14.0 Å². The highest BCUT2D eigenvalue weighted by Gasteiger charge is 2.14. The molecule has 26 heavy (non-hydrogen) atoms. The van der Waals surface area contributed by atoms with E-state index in [4.69, 9.17) is 4.74 Å². The van der Waals surface area contributed by atoms with Crippen LogP contribution in [0.5, 0.6) is 5.75 Å². The molecule has 2 aromatic carbocycles. The third kappa shape index (κ3) is 6.18. The van der Waals surface area contributed by atoms with Gasteiger partial charge in [0.2, 0.25) is 11.8 Å². The summed E-state index contributed by atoms with van der Waals surface area (Å²) in [6, 6.07) is 12.7. The molecule has 2 N–H and O–H groups in total. The van der Waals surface area contributed by atoms with Gasteiger partial charge >= 0.3 is 0 Å². The number of ether oxygens (including phenoxy) is 1. The van der Waals surface area contributed by atoms with Crippen molar-refractivity contribution in [2.75, 3.05) is 37.4 Å². The summed E-state index contributed by atoms with van der Waals surface area (Å²) in [4.78, 5) is 26.0. The number of carbonyl (C=O) groups excluding carboxylic acids is 2. The highest BCUT2D eigenvalue weighted by molar-refractivity contribution is 5.94. The molecule has 0 aromatic heterocycles. The van der Waals surface area contributed by atoms with Gasteiger partial charge in [0, 0.05) is 17.4 Å². The van der Waals surface area contributed by atoms with E-state index in [0.717, 1.165) is 0 Å². The minimum Gasteiger partial charge on any atom is -0.497 e. The number of rotatable bonds is 8. The molecule has 0 radical (unpaired) electrons. The maximum atomic E-state index is 13.2. The molecule has 0 aliphatic carbocycles. The van der Waals surface area contributed by atoms with E-state index in [2.05, 4.69) is 10.6 Å². The molecule has 0 saturated heterocycles. The number of likely N-dealkylation sites (N-methyl/N-ethyl adjacent to an activating group) is 1. The normalized spacial score (nSPS) is 10.5. The Morgan fingerprint density at radius 2 is 1.58 bits per heavy atom. The van der Waals surface area contributed by atoms with Crippen LogP contribution in [0.1, 0.15) is 6.92 Å². The van der Waals surface area contributed by atoms with Crippen molar-refractivity contribution in [1.82, 2.24) is 4.90 Å². The van der Waals surface area contributed by atoms with Gasteiger partial charge < -0.3 is 15.4 Å². The van der Waals surface area contributed by atoms with Crippen molar-refractivity contribution in [3.63, 3.8) is 0 Å². The average Bonchev–Trinajstić information content (AvgIpc) is 2.61. The maximum Gasteiger partial charge on any atom is 0.238 e. The summed E-state index contributed by atoms with van der Waals surface area (Å²) >= 11 is 0. The topological polar surface area (TPSA) is 70.7 Å². The molecule has 0 bridgehead atoms. The van der Waals surface area contributed by atoms with E-state index in [1.807, 2.05) is 6.92 Å². The molecule has 0 spiro atoms. The third-order valence-corrected chi connectivity index (χ3v) is 3.64. The Bertz CT molecular complexity index is 767. The van der Waals surface area contributed by atoms with Gasteiger partial charge in [-0.3, -0.25) is 14.5 Å². The number of methoxy groups -OCH3 is 1. The van der Waals surface area contributed by atoms with E-state index in [-0.39, 0.29) is 24.9 Å². The summed E-state index contributed by atoms with van der Waals surface area (Å²) in [6.07, 6.45) is 0. The summed E-state index contributed by atoms with van der Waals surface area (Å²) in [5, 5.41) is 5.39. The molecule has 0 saturated carbocycles. The molecular formula is C19H22FN3O3. The average molecular weight is 359 g/mol. The van der Waals surface area contributed by atoms with Crippen LogP contribution in [0.4, 0.5) is 15.8 Å². The first-order chi connectivity index (χ1) is 12.5. The maximum absolute atomic E-state index is 13.2. The highest BCUT2D eigenvalue weighted by atomic mass is 19.1. The summed E-state index contributed by atoms with van der Waals surface area (Å²) < 4.78 is 18.3. The Morgan fingerprint density at radius 3 is 2.12 bits per heavy atom. The van der Waals surface area contributed by atoms with Crippen molar-refractivity contribution in [3.05, 3.63) is 54.3 Å². The lowest BCUT2D eigenvalue weighted by Gasteiger charge is -2.19. The molecule has 2 aromatic rings. The van der Waals surface area contributed by atoms with E-state index in [1.54, 1.807) is 42.3 Å². The van der Waals surface area contributed by atoms with E-state index in [0.29, 0.717) is 23.7 Å². The minimum absolute atomic E-state index is 0.0263. The van der Waals surface area contributed by atoms with Gasteiger partial charge in [-0.2, -0.15) is 0 Å². The first kappa shape index (κ1) is 19.4. The van der Waals surface area contributed by atoms with E-state index < -0.39 is 5.82 Å². The lowest BCUT2D eigenvalue weighted by Crippen LogP contribution is -2.38. The predicted molar refractivity (Wildman–Crippen MR) is 98.8 cm³/mol. The molecular weight excluding hydrogens is 337 g/mol. The SMILES string of the molecule is CCN(CC(=O)Nc1cccc(F)c1)CC(=O)Nc1cccc(OC)c1. The Labute approximate surface area is 152 Å². The van der Waals surface area contributed by atoms with Crippen LogP contribution >= 0.6 is 0 Å². The molecule has 0 heterocycles. The quantitative estimate of drug-likeness (QED) is 0.760. The number of amides is 2. The molecule has 2 amide bonds. The standard InChI is InChI=1S/C19H22FN3O3/c1-3-23(12-18(24)21-15-7-4-6-14(20)10-15)13-19(25)22-16-8-5-9-17(11-16)26-2/h4-11H,3,12-13H2,1-2H3,(H,21,24)(H,22,25). The summed E-state index contributed by atoms with van der Waals surface area (Å²) in [5.74, 6) is -0.331. The molecule has 7 heteroatoms.